The zero-order valence-electron chi connectivity index (χ0n) is 15.4. The summed E-state index contributed by atoms with van der Waals surface area (Å²) in [5.74, 6) is 1.44. The minimum atomic E-state index is -0.144. The van der Waals surface area contributed by atoms with Crippen molar-refractivity contribution in [1.29, 1.82) is 0 Å². The molecule has 0 aliphatic carbocycles. The molecule has 3 aromatic carbocycles. The molecule has 0 aliphatic rings. The molecular weight excluding hydrogens is 350 g/mol. The van der Waals surface area contributed by atoms with Gasteiger partial charge in [-0.15, -0.1) is 0 Å². The fourth-order valence-corrected chi connectivity index (χ4v) is 3.13. The number of aromatic nitrogens is 2. The second-order valence-electron chi connectivity index (χ2n) is 6.39. The summed E-state index contributed by atoms with van der Waals surface area (Å²) in [7, 11) is 0. The number of rotatable bonds is 7. The molecular formula is C23H21N3O2. The van der Waals surface area contributed by atoms with Crippen LogP contribution in [0, 0.1) is 0 Å². The van der Waals surface area contributed by atoms with Gasteiger partial charge in [-0.3, -0.25) is 4.79 Å². The fourth-order valence-electron chi connectivity index (χ4n) is 3.13. The van der Waals surface area contributed by atoms with E-state index in [1.807, 2.05) is 78.9 Å². The summed E-state index contributed by atoms with van der Waals surface area (Å²) in [6.45, 7) is 1.12. The molecule has 4 aromatic rings. The number of hydrogen-bond acceptors (Lipinski definition) is 3. The van der Waals surface area contributed by atoms with Gasteiger partial charge in [-0.1, -0.05) is 60.7 Å². The highest BCUT2D eigenvalue weighted by atomic mass is 16.5. The van der Waals surface area contributed by atoms with Crippen LogP contribution in [0.3, 0.4) is 0 Å². The second kappa shape index (κ2) is 8.39. The zero-order chi connectivity index (χ0) is 19.2. The lowest BCUT2D eigenvalue weighted by Crippen LogP contribution is -2.31. The lowest BCUT2D eigenvalue weighted by atomic mass is 10.2. The van der Waals surface area contributed by atoms with Gasteiger partial charge in [0, 0.05) is 18.7 Å². The van der Waals surface area contributed by atoms with Crippen molar-refractivity contribution in [3.05, 3.63) is 84.9 Å². The highest BCUT2D eigenvalue weighted by Gasteiger charge is 2.12. The SMILES string of the molecule is O=C(COc1ccccc1)NCCn1c(-c2ccccc2)nc2ccccc21. The average molecular weight is 371 g/mol. The summed E-state index contributed by atoms with van der Waals surface area (Å²) in [6.07, 6.45) is 0. The van der Waals surface area contributed by atoms with Crippen LogP contribution in [0.2, 0.25) is 0 Å². The summed E-state index contributed by atoms with van der Waals surface area (Å²) >= 11 is 0. The van der Waals surface area contributed by atoms with Crippen molar-refractivity contribution in [1.82, 2.24) is 14.9 Å². The molecule has 5 nitrogen and oxygen atoms in total. The van der Waals surface area contributed by atoms with E-state index in [1.165, 1.54) is 0 Å². The highest BCUT2D eigenvalue weighted by Crippen LogP contribution is 2.24. The Labute approximate surface area is 163 Å². The number of imidazole rings is 1. The maximum atomic E-state index is 12.1. The minimum absolute atomic E-state index is 0.000230. The number of carbonyl (C=O) groups excluding carboxylic acids is 1. The molecule has 1 heterocycles. The Morgan fingerprint density at radius 3 is 2.36 bits per heavy atom. The number of carbonyl (C=O) groups is 1. The fraction of sp³-hybridized carbons (Fsp3) is 0.130. The van der Waals surface area contributed by atoms with Crippen molar-refractivity contribution in [3.8, 4) is 17.1 Å². The molecule has 0 radical (unpaired) electrons. The number of hydrogen-bond donors (Lipinski definition) is 1. The molecule has 0 saturated carbocycles. The van der Waals surface area contributed by atoms with E-state index in [4.69, 9.17) is 9.72 Å². The number of nitrogens with zero attached hydrogens (tertiary/aromatic N) is 2. The van der Waals surface area contributed by atoms with E-state index in [2.05, 4.69) is 16.0 Å². The van der Waals surface area contributed by atoms with Crippen LogP contribution in [0.5, 0.6) is 5.75 Å². The van der Waals surface area contributed by atoms with Crippen molar-refractivity contribution >= 4 is 16.9 Å². The molecule has 0 fully saturated rings. The van der Waals surface area contributed by atoms with Crippen molar-refractivity contribution in [2.75, 3.05) is 13.2 Å². The van der Waals surface area contributed by atoms with Gasteiger partial charge >= 0.3 is 0 Å². The number of nitrogens with one attached hydrogen (secondary N) is 1. The molecule has 140 valence electrons. The monoisotopic (exact) mass is 371 g/mol. The van der Waals surface area contributed by atoms with Crippen LogP contribution in [0.1, 0.15) is 0 Å². The highest BCUT2D eigenvalue weighted by molar-refractivity contribution is 5.81. The van der Waals surface area contributed by atoms with Gasteiger partial charge in [0.1, 0.15) is 11.6 Å². The van der Waals surface area contributed by atoms with Crippen molar-refractivity contribution in [3.63, 3.8) is 0 Å². The van der Waals surface area contributed by atoms with Crippen LogP contribution in [0.15, 0.2) is 84.9 Å². The molecule has 0 saturated heterocycles. The maximum Gasteiger partial charge on any atom is 0.258 e. The minimum Gasteiger partial charge on any atom is -0.484 e. The van der Waals surface area contributed by atoms with Gasteiger partial charge in [-0.25, -0.2) is 4.98 Å². The first-order chi connectivity index (χ1) is 13.8. The first kappa shape index (κ1) is 17.8. The van der Waals surface area contributed by atoms with Gasteiger partial charge in [0.15, 0.2) is 6.61 Å². The van der Waals surface area contributed by atoms with Gasteiger partial charge in [0.05, 0.1) is 11.0 Å². The standard InChI is InChI=1S/C23H21N3O2/c27-22(17-28-19-11-5-2-6-12-19)24-15-16-26-21-14-8-7-13-20(21)25-23(26)18-9-3-1-4-10-18/h1-14H,15-17H2,(H,24,27). The van der Waals surface area contributed by atoms with Crippen molar-refractivity contribution < 1.29 is 9.53 Å². The lowest BCUT2D eigenvalue weighted by molar-refractivity contribution is -0.123. The number of para-hydroxylation sites is 3. The predicted molar refractivity (Wildman–Crippen MR) is 110 cm³/mol. The third-order valence-electron chi connectivity index (χ3n) is 4.46. The van der Waals surface area contributed by atoms with Gasteiger partial charge in [-0.05, 0) is 24.3 Å². The van der Waals surface area contributed by atoms with Crippen LogP contribution < -0.4 is 10.1 Å². The van der Waals surface area contributed by atoms with Crippen LogP contribution in [-0.2, 0) is 11.3 Å². The normalized spacial score (nSPS) is 10.7. The molecule has 4 rings (SSSR count). The summed E-state index contributed by atoms with van der Waals surface area (Å²) < 4.78 is 7.63. The average Bonchev–Trinajstić information content (AvgIpc) is 3.12. The van der Waals surface area contributed by atoms with E-state index in [0.717, 1.165) is 22.4 Å². The van der Waals surface area contributed by atoms with Gasteiger partial charge in [-0.2, -0.15) is 0 Å². The Balaban J connectivity index is 1.43. The molecule has 0 aliphatic heterocycles. The topological polar surface area (TPSA) is 56.1 Å². The van der Waals surface area contributed by atoms with E-state index in [-0.39, 0.29) is 12.5 Å². The largest absolute Gasteiger partial charge is 0.484 e. The Morgan fingerprint density at radius 1 is 0.893 bits per heavy atom. The predicted octanol–water partition coefficient (Wildman–Crippen LogP) is 3.90. The van der Waals surface area contributed by atoms with E-state index >= 15 is 0 Å². The Bertz CT molecular complexity index is 1060. The number of benzene rings is 3. The summed E-state index contributed by atoms with van der Waals surface area (Å²) in [5, 5.41) is 2.92. The number of fused-ring (bicyclic) bond motifs is 1. The smallest absolute Gasteiger partial charge is 0.258 e. The Hall–Kier alpha value is -3.60. The molecule has 28 heavy (non-hydrogen) atoms. The number of amides is 1. The first-order valence-corrected chi connectivity index (χ1v) is 9.26. The van der Waals surface area contributed by atoms with Crippen LogP contribution in [-0.4, -0.2) is 28.6 Å². The molecule has 0 spiro atoms. The van der Waals surface area contributed by atoms with Crippen LogP contribution >= 0.6 is 0 Å². The summed E-state index contributed by atoms with van der Waals surface area (Å²) in [6, 6.07) is 27.4. The number of ether oxygens (including phenoxy) is 1. The second-order valence-corrected chi connectivity index (χ2v) is 6.39. The Kier molecular flexibility index (Phi) is 5.33. The van der Waals surface area contributed by atoms with Crippen LogP contribution in [0.4, 0.5) is 0 Å². The van der Waals surface area contributed by atoms with E-state index in [9.17, 15) is 4.79 Å². The van der Waals surface area contributed by atoms with Gasteiger partial charge < -0.3 is 14.6 Å². The molecule has 1 N–H and O–H groups in total. The lowest BCUT2D eigenvalue weighted by Gasteiger charge is -2.11. The quantitative estimate of drug-likeness (QED) is 0.536. The first-order valence-electron chi connectivity index (χ1n) is 9.26. The maximum absolute atomic E-state index is 12.1. The Morgan fingerprint density at radius 2 is 1.57 bits per heavy atom. The van der Waals surface area contributed by atoms with Crippen molar-refractivity contribution in [2.45, 2.75) is 6.54 Å². The molecule has 1 aromatic heterocycles. The van der Waals surface area contributed by atoms with E-state index < -0.39 is 0 Å². The molecule has 0 unspecified atom stereocenters. The van der Waals surface area contributed by atoms with Gasteiger partial charge in [0.2, 0.25) is 0 Å². The van der Waals surface area contributed by atoms with Gasteiger partial charge in [0.25, 0.3) is 5.91 Å². The van der Waals surface area contributed by atoms with Crippen molar-refractivity contribution in [2.24, 2.45) is 0 Å². The summed E-state index contributed by atoms with van der Waals surface area (Å²) in [5.41, 5.74) is 3.05. The summed E-state index contributed by atoms with van der Waals surface area (Å²) in [4.78, 5) is 16.9. The third kappa shape index (κ3) is 4.04. The third-order valence-corrected chi connectivity index (χ3v) is 4.46. The molecule has 0 bridgehead atoms. The molecule has 0 atom stereocenters. The molecule has 5 heteroatoms. The van der Waals surface area contributed by atoms with Crippen LogP contribution in [0.25, 0.3) is 22.4 Å². The molecule has 1 amide bonds. The van der Waals surface area contributed by atoms with E-state index in [0.29, 0.717) is 18.8 Å². The van der Waals surface area contributed by atoms with E-state index in [1.54, 1.807) is 0 Å². The zero-order valence-corrected chi connectivity index (χ0v) is 15.4.